The summed E-state index contributed by atoms with van der Waals surface area (Å²) in [6.07, 6.45) is -1.67. The molecule has 3 heterocycles. The zero-order chi connectivity index (χ0) is 16.7. The largest absolute Gasteiger partial charge is 1.00 e. The first-order valence-electron chi connectivity index (χ1n) is 6.83. The first-order chi connectivity index (χ1) is 10.9. The third-order valence-electron chi connectivity index (χ3n) is 3.76. The molecule has 0 unspecified atom stereocenters. The van der Waals surface area contributed by atoms with Crippen molar-refractivity contribution < 1.29 is 54.1 Å². The van der Waals surface area contributed by atoms with Crippen molar-refractivity contribution in [3.05, 3.63) is 11.3 Å². The third kappa shape index (κ3) is 3.24. The Morgan fingerprint density at radius 3 is 2.83 bits per heavy atom. The summed E-state index contributed by atoms with van der Waals surface area (Å²) in [5.41, 5.74) is 0.220. The number of aryl methyl sites for hydroxylation is 1. The first-order valence-corrected chi connectivity index (χ1v) is 7.81. The quantitative estimate of drug-likeness (QED) is 0.309. The van der Waals surface area contributed by atoms with E-state index in [-0.39, 0.29) is 47.6 Å². The van der Waals surface area contributed by atoms with Crippen LogP contribution in [-0.4, -0.2) is 66.8 Å². The smallest absolute Gasteiger partial charge is 0.543 e. The van der Waals surface area contributed by atoms with Crippen molar-refractivity contribution in [3.63, 3.8) is 0 Å². The molecule has 0 spiro atoms. The number of carboxylic acids is 1. The number of rotatable bonds is 5. The van der Waals surface area contributed by atoms with Gasteiger partial charge in [0.15, 0.2) is 6.23 Å². The second-order valence-electron chi connectivity index (χ2n) is 5.29. The SMILES string of the molecule is C[C@@H](O)[C@H]1C(=O)N2C(C(=O)[O-])=C(CSc3nnnn3C)CO[C@H]12.[Na+]. The van der Waals surface area contributed by atoms with Gasteiger partial charge < -0.3 is 19.7 Å². The molecule has 124 valence electrons. The molecule has 1 amide bonds. The molecule has 3 atom stereocenters. The minimum Gasteiger partial charge on any atom is -0.543 e. The van der Waals surface area contributed by atoms with Gasteiger partial charge in [0.1, 0.15) is 5.92 Å². The van der Waals surface area contributed by atoms with Crippen LogP contribution in [-0.2, 0) is 21.4 Å². The second-order valence-corrected chi connectivity index (χ2v) is 6.23. The average Bonchev–Trinajstić information content (AvgIpc) is 2.88. The number of carbonyl (C=O) groups is 2. The molecular weight excluding hydrogens is 349 g/mol. The fourth-order valence-corrected chi connectivity index (χ4v) is 3.46. The molecule has 0 saturated carbocycles. The van der Waals surface area contributed by atoms with Gasteiger partial charge in [-0.1, -0.05) is 11.8 Å². The van der Waals surface area contributed by atoms with Crippen LogP contribution in [0.4, 0.5) is 0 Å². The molecule has 1 aromatic rings. The molecule has 1 N–H and O–H groups in total. The Morgan fingerprint density at radius 1 is 1.58 bits per heavy atom. The zero-order valence-corrected chi connectivity index (χ0v) is 16.2. The van der Waals surface area contributed by atoms with Crippen LogP contribution < -0.4 is 34.7 Å². The maximum atomic E-state index is 12.1. The van der Waals surface area contributed by atoms with Gasteiger partial charge in [-0.15, -0.1) is 5.10 Å². The van der Waals surface area contributed by atoms with Crippen LogP contribution in [0.25, 0.3) is 0 Å². The summed E-state index contributed by atoms with van der Waals surface area (Å²) in [4.78, 5) is 24.6. The molecule has 3 rings (SSSR count). The van der Waals surface area contributed by atoms with E-state index < -0.39 is 30.1 Å². The second kappa shape index (κ2) is 7.50. The molecule has 1 aromatic heterocycles. The van der Waals surface area contributed by atoms with E-state index in [4.69, 9.17) is 4.74 Å². The normalized spacial score (nSPS) is 24.1. The minimum atomic E-state index is -1.44. The molecule has 10 nitrogen and oxygen atoms in total. The Morgan fingerprint density at radius 2 is 2.29 bits per heavy atom. The van der Waals surface area contributed by atoms with Crippen LogP contribution in [0.2, 0.25) is 0 Å². The topological polar surface area (TPSA) is 134 Å². The standard InChI is InChI=1S/C12H15N5O5S.Na/c1-5(18)7-9(19)17-8(11(20)21)6(3-22-10(7)17)4-23-12-13-14-15-16(12)2;/h5,7,10,18H,3-4H2,1-2H3,(H,20,21);/q;+1/p-1/t5-,7+,10-;/m1./s1. The maximum absolute atomic E-state index is 12.1. The predicted octanol–water partition coefficient (Wildman–Crippen LogP) is -5.49. The molecule has 1 fully saturated rings. The number of nitrogens with zero attached hydrogens (tertiary/aromatic N) is 5. The van der Waals surface area contributed by atoms with Gasteiger partial charge in [-0.3, -0.25) is 9.69 Å². The van der Waals surface area contributed by atoms with Crippen molar-refractivity contribution >= 4 is 23.6 Å². The summed E-state index contributed by atoms with van der Waals surface area (Å²) in [6.45, 7) is 1.51. The number of aliphatic hydroxyl groups is 1. The summed E-state index contributed by atoms with van der Waals surface area (Å²) >= 11 is 1.23. The van der Waals surface area contributed by atoms with Crippen molar-refractivity contribution in [1.82, 2.24) is 25.1 Å². The Bertz CT molecular complexity index is 693. The van der Waals surface area contributed by atoms with E-state index in [0.29, 0.717) is 10.7 Å². The molecular formula is C12H14N5NaO5S. The monoisotopic (exact) mass is 363 g/mol. The van der Waals surface area contributed by atoms with Crippen LogP contribution in [0.5, 0.6) is 0 Å². The van der Waals surface area contributed by atoms with E-state index in [1.165, 1.54) is 23.4 Å². The average molecular weight is 363 g/mol. The first kappa shape index (κ1) is 19.3. The van der Waals surface area contributed by atoms with Crippen molar-refractivity contribution in [2.24, 2.45) is 13.0 Å². The number of carboxylic acid groups (broad SMARTS) is 1. The Kier molecular flexibility index (Phi) is 6.04. The fourth-order valence-electron chi connectivity index (χ4n) is 2.62. The number of ether oxygens (including phenoxy) is 1. The molecule has 0 aliphatic carbocycles. The molecule has 0 radical (unpaired) electrons. The van der Waals surface area contributed by atoms with Crippen LogP contribution in [0, 0.1) is 5.92 Å². The van der Waals surface area contributed by atoms with Crippen LogP contribution in [0.1, 0.15) is 6.92 Å². The summed E-state index contributed by atoms with van der Waals surface area (Å²) in [6, 6.07) is 0. The zero-order valence-electron chi connectivity index (χ0n) is 13.4. The van der Waals surface area contributed by atoms with Crippen LogP contribution in [0.3, 0.4) is 0 Å². The van der Waals surface area contributed by atoms with Gasteiger partial charge in [0.25, 0.3) is 0 Å². The van der Waals surface area contributed by atoms with E-state index in [2.05, 4.69) is 15.5 Å². The van der Waals surface area contributed by atoms with E-state index in [1.54, 1.807) is 7.05 Å². The number of hydrogen-bond donors (Lipinski definition) is 1. The van der Waals surface area contributed by atoms with Crippen molar-refractivity contribution in [3.8, 4) is 0 Å². The summed E-state index contributed by atoms with van der Waals surface area (Å²) in [7, 11) is 1.66. The van der Waals surface area contributed by atoms with E-state index in [1.807, 2.05) is 0 Å². The number of aliphatic carboxylic acids is 1. The van der Waals surface area contributed by atoms with E-state index in [0.717, 1.165) is 4.90 Å². The number of fused-ring (bicyclic) bond motifs is 1. The number of hydrogen-bond acceptors (Lipinski definition) is 9. The molecule has 24 heavy (non-hydrogen) atoms. The van der Waals surface area contributed by atoms with Crippen LogP contribution >= 0.6 is 11.8 Å². The molecule has 0 bridgehead atoms. The van der Waals surface area contributed by atoms with E-state index >= 15 is 0 Å². The number of aliphatic hydroxyl groups excluding tert-OH is 1. The molecule has 0 aromatic carbocycles. The number of carbonyl (C=O) groups excluding carboxylic acids is 2. The molecule has 12 heteroatoms. The molecule has 2 aliphatic rings. The van der Waals surface area contributed by atoms with Gasteiger partial charge in [0.05, 0.1) is 24.4 Å². The van der Waals surface area contributed by atoms with Crippen molar-refractivity contribution in [2.75, 3.05) is 12.4 Å². The van der Waals surface area contributed by atoms with Gasteiger partial charge in [-0.05, 0) is 22.9 Å². The predicted molar refractivity (Wildman–Crippen MR) is 73.3 cm³/mol. The van der Waals surface area contributed by atoms with Crippen molar-refractivity contribution in [1.29, 1.82) is 0 Å². The summed E-state index contributed by atoms with van der Waals surface area (Å²) in [5.74, 6) is -2.43. The maximum Gasteiger partial charge on any atom is 1.00 e. The van der Waals surface area contributed by atoms with Crippen molar-refractivity contribution in [2.45, 2.75) is 24.4 Å². The number of aromatic nitrogens is 4. The van der Waals surface area contributed by atoms with Gasteiger partial charge in [-0.25, -0.2) is 4.68 Å². The van der Waals surface area contributed by atoms with Crippen LogP contribution in [0.15, 0.2) is 16.4 Å². The number of thioether (sulfide) groups is 1. The number of β-lactam (4-membered cyclic amide) rings is 1. The molecule has 1 saturated heterocycles. The summed E-state index contributed by atoms with van der Waals surface area (Å²) in [5, 5.41) is 32.5. The summed E-state index contributed by atoms with van der Waals surface area (Å²) < 4.78 is 6.99. The van der Waals surface area contributed by atoms with Gasteiger partial charge in [0, 0.05) is 12.8 Å². The number of amides is 1. The van der Waals surface area contributed by atoms with Gasteiger partial charge >= 0.3 is 29.6 Å². The Labute approximate surface area is 163 Å². The third-order valence-corrected chi connectivity index (χ3v) is 4.86. The fraction of sp³-hybridized carbons (Fsp3) is 0.583. The van der Waals surface area contributed by atoms with E-state index in [9.17, 15) is 19.8 Å². The van der Waals surface area contributed by atoms with Gasteiger partial charge in [-0.2, -0.15) is 0 Å². The molecule has 2 aliphatic heterocycles. The Balaban J connectivity index is 0.00000208. The Hall–Kier alpha value is -0.980. The van der Waals surface area contributed by atoms with Gasteiger partial charge in [0.2, 0.25) is 11.1 Å². The number of tetrazole rings is 1. The minimum absolute atomic E-state index is 0.